The lowest BCUT2D eigenvalue weighted by Crippen LogP contribution is -2.37. The molecule has 1 saturated heterocycles. The van der Waals surface area contributed by atoms with Gasteiger partial charge in [0.15, 0.2) is 0 Å². The maximum Gasteiger partial charge on any atom is 0.131 e. The highest BCUT2D eigenvalue weighted by Gasteiger charge is 2.22. The quantitative estimate of drug-likeness (QED) is 0.798. The number of aromatic nitrogens is 3. The van der Waals surface area contributed by atoms with Crippen LogP contribution in [0, 0.1) is 6.92 Å². The van der Waals surface area contributed by atoms with E-state index < -0.39 is 0 Å². The maximum absolute atomic E-state index is 6.26. The summed E-state index contributed by atoms with van der Waals surface area (Å²) in [7, 11) is 0. The fourth-order valence-corrected chi connectivity index (χ4v) is 3.87. The first-order chi connectivity index (χ1) is 11.3. The SMILES string of the molecule is Cc1nnc(CN2CCC(Oc3cccc4[nH]ccc34)CC2)s1. The van der Waals surface area contributed by atoms with Gasteiger partial charge in [0.1, 0.15) is 21.9 Å². The molecule has 0 unspecified atom stereocenters. The average Bonchev–Trinajstić information content (AvgIpc) is 3.19. The Bertz CT molecular complexity index is 789. The minimum Gasteiger partial charge on any atom is -0.490 e. The lowest BCUT2D eigenvalue weighted by molar-refractivity contribution is 0.0978. The third-order valence-corrected chi connectivity index (χ3v) is 5.13. The van der Waals surface area contributed by atoms with Gasteiger partial charge in [0.25, 0.3) is 0 Å². The van der Waals surface area contributed by atoms with E-state index >= 15 is 0 Å². The maximum atomic E-state index is 6.26. The second-order valence-corrected chi connectivity index (χ2v) is 7.27. The van der Waals surface area contributed by atoms with Crippen molar-refractivity contribution in [3.05, 3.63) is 40.5 Å². The van der Waals surface area contributed by atoms with Crippen LogP contribution in [0.1, 0.15) is 22.9 Å². The van der Waals surface area contributed by atoms with E-state index in [4.69, 9.17) is 4.74 Å². The van der Waals surface area contributed by atoms with Gasteiger partial charge in [0, 0.05) is 30.2 Å². The molecule has 0 radical (unpaired) electrons. The summed E-state index contributed by atoms with van der Waals surface area (Å²) in [6, 6.07) is 8.26. The molecule has 1 aliphatic heterocycles. The van der Waals surface area contributed by atoms with Crippen LogP contribution in [0.3, 0.4) is 0 Å². The molecule has 2 aromatic heterocycles. The Morgan fingerprint density at radius 1 is 1.26 bits per heavy atom. The number of likely N-dealkylation sites (tertiary alicyclic amines) is 1. The minimum atomic E-state index is 0.294. The Morgan fingerprint density at radius 3 is 2.91 bits per heavy atom. The van der Waals surface area contributed by atoms with Gasteiger partial charge < -0.3 is 9.72 Å². The number of hydrogen-bond acceptors (Lipinski definition) is 5. The van der Waals surface area contributed by atoms with Gasteiger partial charge in [-0.2, -0.15) is 0 Å². The Kier molecular flexibility index (Phi) is 4.01. The van der Waals surface area contributed by atoms with Gasteiger partial charge in [-0.15, -0.1) is 21.5 Å². The zero-order valence-corrected chi connectivity index (χ0v) is 14.0. The highest BCUT2D eigenvalue weighted by atomic mass is 32.1. The highest BCUT2D eigenvalue weighted by Crippen LogP contribution is 2.27. The molecule has 23 heavy (non-hydrogen) atoms. The van der Waals surface area contributed by atoms with Crippen molar-refractivity contribution in [2.45, 2.75) is 32.4 Å². The number of benzene rings is 1. The number of aryl methyl sites for hydroxylation is 1. The molecule has 4 rings (SSSR count). The second kappa shape index (κ2) is 6.29. The molecule has 3 heterocycles. The fourth-order valence-electron chi connectivity index (χ4n) is 3.12. The predicted molar refractivity (Wildman–Crippen MR) is 91.9 cm³/mol. The van der Waals surface area contributed by atoms with Gasteiger partial charge in [-0.3, -0.25) is 4.90 Å². The largest absolute Gasteiger partial charge is 0.490 e. The molecular weight excluding hydrogens is 308 g/mol. The third-order valence-electron chi connectivity index (χ3n) is 4.31. The summed E-state index contributed by atoms with van der Waals surface area (Å²) in [5, 5.41) is 11.6. The zero-order valence-electron chi connectivity index (χ0n) is 13.2. The standard InChI is InChI=1S/C17H20N4OS/c1-12-19-20-17(23-12)11-21-9-6-13(7-10-21)22-16-4-2-3-15-14(16)5-8-18-15/h2-5,8,13,18H,6-7,9-11H2,1H3. The van der Waals surface area contributed by atoms with E-state index in [1.54, 1.807) is 11.3 Å². The van der Waals surface area contributed by atoms with Crippen molar-refractivity contribution in [1.82, 2.24) is 20.1 Å². The van der Waals surface area contributed by atoms with Crippen LogP contribution in [0.2, 0.25) is 0 Å². The average molecular weight is 328 g/mol. The summed E-state index contributed by atoms with van der Waals surface area (Å²) in [6.07, 6.45) is 4.37. The highest BCUT2D eigenvalue weighted by molar-refractivity contribution is 7.11. The van der Waals surface area contributed by atoms with Crippen LogP contribution in [0.15, 0.2) is 30.5 Å². The number of piperidine rings is 1. The van der Waals surface area contributed by atoms with Gasteiger partial charge in [-0.1, -0.05) is 6.07 Å². The first kappa shape index (κ1) is 14.7. The van der Waals surface area contributed by atoms with Crippen molar-refractivity contribution in [3.63, 3.8) is 0 Å². The van der Waals surface area contributed by atoms with Gasteiger partial charge >= 0.3 is 0 Å². The molecule has 0 atom stereocenters. The van der Waals surface area contributed by atoms with E-state index in [1.165, 1.54) is 5.39 Å². The van der Waals surface area contributed by atoms with Crippen molar-refractivity contribution in [2.75, 3.05) is 13.1 Å². The summed E-state index contributed by atoms with van der Waals surface area (Å²) in [6.45, 7) is 5.01. The molecule has 3 aromatic rings. The number of rotatable bonds is 4. The second-order valence-electron chi connectivity index (χ2n) is 6.00. The molecule has 6 heteroatoms. The summed E-state index contributed by atoms with van der Waals surface area (Å²) in [5.74, 6) is 0.988. The zero-order chi connectivity index (χ0) is 15.6. The lowest BCUT2D eigenvalue weighted by atomic mass is 10.1. The molecule has 1 fully saturated rings. The molecule has 0 amide bonds. The number of nitrogens with one attached hydrogen (secondary N) is 1. The van der Waals surface area contributed by atoms with E-state index in [-0.39, 0.29) is 0 Å². The number of fused-ring (bicyclic) bond motifs is 1. The molecule has 1 aliphatic rings. The van der Waals surface area contributed by atoms with Crippen LogP contribution in [0.5, 0.6) is 5.75 Å². The summed E-state index contributed by atoms with van der Waals surface area (Å²) in [5.41, 5.74) is 1.13. The molecule has 0 bridgehead atoms. The summed E-state index contributed by atoms with van der Waals surface area (Å²) >= 11 is 1.69. The predicted octanol–water partition coefficient (Wildman–Crippen LogP) is 3.37. The van der Waals surface area contributed by atoms with E-state index in [0.717, 1.165) is 53.8 Å². The number of H-pyrrole nitrogens is 1. The van der Waals surface area contributed by atoms with Crippen LogP contribution in [0.4, 0.5) is 0 Å². The molecule has 120 valence electrons. The number of ether oxygens (including phenoxy) is 1. The molecule has 0 aliphatic carbocycles. The van der Waals surface area contributed by atoms with Gasteiger partial charge in [0.2, 0.25) is 0 Å². The summed E-state index contributed by atoms with van der Waals surface area (Å²) < 4.78 is 6.26. The van der Waals surface area contributed by atoms with Crippen LogP contribution in [-0.2, 0) is 6.54 Å². The van der Waals surface area contributed by atoms with Crippen LogP contribution in [-0.4, -0.2) is 39.3 Å². The van der Waals surface area contributed by atoms with Crippen LogP contribution < -0.4 is 4.74 Å². The van der Waals surface area contributed by atoms with Crippen molar-refractivity contribution in [3.8, 4) is 5.75 Å². The van der Waals surface area contributed by atoms with E-state index in [1.807, 2.05) is 19.2 Å². The molecule has 1 N–H and O–H groups in total. The molecule has 0 saturated carbocycles. The smallest absolute Gasteiger partial charge is 0.131 e. The van der Waals surface area contributed by atoms with E-state index in [9.17, 15) is 0 Å². The lowest BCUT2D eigenvalue weighted by Gasteiger charge is -2.31. The topological polar surface area (TPSA) is 54.0 Å². The van der Waals surface area contributed by atoms with Crippen molar-refractivity contribution in [2.24, 2.45) is 0 Å². The number of hydrogen-bond donors (Lipinski definition) is 1. The molecule has 5 nitrogen and oxygen atoms in total. The van der Waals surface area contributed by atoms with E-state index in [0.29, 0.717) is 6.10 Å². The monoisotopic (exact) mass is 328 g/mol. The number of nitrogens with zero attached hydrogens (tertiary/aromatic N) is 3. The minimum absolute atomic E-state index is 0.294. The fraction of sp³-hybridized carbons (Fsp3) is 0.412. The number of aromatic amines is 1. The van der Waals surface area contributed by atoms with Crippen molar-refractivity contribution < 1.29 is 4.74 Å². The van der Waals surface area contributed by atoms with Gasteiger partial charge in [-0.05, 0) is 38.0 Å². The third kappa shape index (κ3) is 3.23. The van der Waals surface area contributed by atoms with Crippen molar-refractivity contribution >= 4 is 22.2 Å². The Labute approximate surface area is 139 Å². The molecule has 0 spiro atoms. The first-order valence-electron chi connectivity index (χ1n) is 8.02. The molecular formula is C17H20N4OS. The summed E-state index contributed by atoms with van der Waals surface area (Å²) in [4.78, 5) is 5.67. The van der Waals surface area contributed by atoms with E-state index in [2.05, 4.69) is 38.3 Å². The van der Waals surface area contributed by atoms with Gasteiger partial charge in [0.05, 0.1) is 6.54 Å². The van der Waals surface area contributed by atoms with Crippen LogP contribution >= 0.6 is 11.3 Å². The van der Waals surface area contributed by atoms with Crippen molar-refractivity contribution in [1.29, 1.82) is 0 Å². The Morgan fingerprint density at radius 2 is 2.13 bits per heavy atom. The Hall–Kier alpha value is -1.92. The normalized spacial score (nSPS) is 16.9. The van der Waals surface area contributed by atoms with Gasteiger partial charge in [-0.25, -0.2) is 0 Å². The first-order valence-corrected chi connectivity index (χ1v) is 8.84. The van der Waals surface area contributed by atoms with Crippen LogP contribution in [0.25, 0.3) is 10.9 Å². The molecule has 1 aromatic carbocycles. The Balaban J connectivity index is 1.35.